The Balaban J connectivity index is 1.82. The minimum absolute atomic E-state index is 0.00969. The van der Waals surface area contributed by atoms with Crippen LogP contribution in [0.3, 0.4) is 0 Å². The average Bonchev–Trinajstić information content (AvgIpc) is 2.86. The molecular weight excluding hydrogens is 246 g/mol. The summed E-state index contributed by atoms with van der Waals surface area (Å²) in [4.78, 5) is 22.2. The van der Waals surface area contributed by atoms with E-state index in [-0.39, 0.29) is 24.2 Å². The van der Waals surface area contributed by atoms with E-state index in [9.17, 15) is 4.79 Å². The summed E-state index contributed by atoms with van der Waals surface area (Å²) in [6, 6.07) is 1.74. The Bertz CT molecular complexity index is 454. The third-order valence-electron chi connectivity index (χ3n) is 3.84. The van der Waals surface area contributed by atoms with Crippen molar-refractivity contribution in [2.24, 2.45) is 0 Å². The van der Waals surface area contributed by atoms with Crippen molar-refractivity contribution in [3.63, 3.8) is 0 Å². The van der Waals surface area contributed by atoms with Crippen LogP contribution in [0, 0.1) is 0 Å². The van der Waals surface area contributed by atoms with Crippen molar-refractivity contribution in [1.29, 1.82) is 0 Å². The zero-order chi connectivity index (χ0) is 13.2. The molecule has 2 aliphatic rings. The van der Waals surface area contributed by atoms with Crippen LogP contribution < -0.4 is 0 Å². The number of aromatic nitrogens is 2. The summed E-state index contributed by atoms with van der Waals surface area (Å²) in [5.74, 6) is -0.0672. The molecule has 0 radical (unpaired) electrons. The van der Waals surface area contributed by atoms with Crippen LogP contribution in [0.15, 0.2) is 18.6 Å². The summed E-state index contributed by atoms with van der Waals surface area (Å²) in [5.41, 5.74) is 0.427. The first-order valence-electron chi connectivity index (χ1n) is 6.52. The Morgan fingerprint density at radius 1 is 1.58 bits per heavy atom. The minimum atomic E-state index is -0.0672. The lowest BCUT2D eigenvalue weighted by Gasteiger charge is -2.31. The van der Waals surface area contributed by atoms with Gasteiger partial charge in [0.15, 0.2) is 0 Å². The van der Waals surface area contributed by atoms with E-state index in [0.29, 0.717) is 12.2 Å². The molecular formula is C13H17N3O3. The molecule has 1 amide bonds. The second-order valence-electron chi connectivity index (χ2n) is 4.87. The van der Waals surface area contributed by atoms with Crippen LogP contribution in [-0.2, 0) is 9.47 Å². The summed E-state index contributed by atoms with van der Waals surface area (Å²) < 4.78 is 11.2. The second-order valence-corrected chi connectivity index (χ2v) is 4.87. The maximum absolute atomic E-state index is 12.5. The first-order chi connectivity index (χ1) is 9.31. The largest absolute Gasteiger partial charge is 0.377 e. The van der Waals surface area contributed by atoms with Gasteiger partial charge in [-0.25, -0.2) is 9.97 Å². The fourth-order valence-electron chi connectivity index (χ4n) is 2.92. The van der Waals surface area contributed by atoms with Gasteiger partial charge in [0.1, 0.15) is 24.2 Å². The predicted molar refractivity (Wildman–Crippen MR) is 66.6 cm³/mol. The summed E-state index contributed by atoms with van der Waals surface area (Å²) in [6.07, 6.45) is 4.86. The van der Waals surface area contributed by atoms with Crippen LogP contribution in [0.25, 0.3) is 0 Å². The lowest BCUT2D eigenvalue weighted by atomic mass is 10.0. The van der Waals surface area contributed by atoms with E-state index >= 15 is 0 Å². The molecule has 0 unspecified atom stereocenters. The maximum Gasteiger partial charge on any atom is 0.273 e. The molecule has 3 rings (SSSR count). The van der Waals surface area contributed by atoms with E-state index in [1.807, 2.05) is 4.90 Å². The Morgan fingerprint density at radius 2 is 2.47 bits per heavy atom. The van der Waals surface area contributed by atoms with Crippen LogP contribution in [0.1, 0.15) is 23.3 Å². The maximum atomic E-state index is 12.5. The van der Waals surface area contributed by atoms with Gasteiger partial charge in [-0.3, -0.25) is 4.79 Å². The zero-order valence-corrected chi connectivity index (χ0v) is 10.9. The van der Waals surface area contributed by atoms with Crippen LogP contribution in [0.4, 0.5) is 0 Å². The zero-order valence-electron chi connectivity index (χ0n) is 10.9. The predicted octanol–water partition coefficient (Wildman–Crippen LogP) is 0.495. The normalized spacial score (nSPS) is 30.2. The van der Waals surface area contributed by atoms with E-state index in [1.165, 1.54) is 6.33 Å². The van der Waals surface area contributed by atoms with Crippen LogP contribution in [0.5, 0.6) is 0 Å². The third kappa shape index (κ3) is 2.21. The topological polar surface area (TPSA) is 64.5 Å². The molecule has 102 valence electrons. The van der Waals surface area contributed by atoms with Crippen molar-refractivity contribution in [3.05, 3.63) is 24.3 Å². The Morgan fingerprint density at radius 3 is 3.21 bits per heavy atom. The Labute approximate surface area is 111 Å². The number of amides is 1. The number of methoxy groups -OCH3 is 1. The fraction of sp³-hybridized carbons (Fsp3) is 0.615. The lowest BCUT2D eigenvalue weighted by Crippen LogP contribution is -2.44. The van der Waals surface area contributed by atoms with Crippen LogP contribution >= 0.6 is 0 Å². The van der Waals surface area contributed by atoms with Crippen LogP contribution in [-0.4, -0.2) is 59.3 Å². The van der Waals surface area contributed by atoms with Gasteiger partial charge in [0.05, 0.1) is 12.6 Å². The van der Waals surface area contributed by atoms with Crippen molar-refractivity contribution in [1.82, 2.24) is 14.9 Å². The Kier molecular flexibility index (Phi) is 3.44. The minimum Gasteiger partial charge on any atom is -0.377 e. The van der Waals surface area contributed by atoms with Crippen molar-refractivity contribution in [3.8, 4) is 0 Å². The lowest BCUT2D eigenvalue weighted by molar-refractivity contribution is -0.0639. The van der Waals surface area contributed by atoms with E-state index in [0.717, 1.165) is 19.4 Å². The van der Waals surface area contributed by atoms with Crippen molar-refractivity contribution >= 4 is 5.91 Å². The SMILES string of the molecule is CO[C@@H]1CN(C(=O)c2ccncn2)[C@H]2CCCO[C@@H]12. The molecule has 1 aromatic heterocycles. The molecule has 0 aromatic carbocycles. The molecule has 2 saturated heterocycles. The molecule has 2 fully saturated rings. The molecule has 0 aliphatic carbocycles. The third-order valence-corrected chi connectivity index (χ3v) is 3.84. The van der Waals surface area contributed by atoms with Gasteiger partial charge in [-0.1, -0.05) is 0 Å². The highest BCUT2D eigenvalue weighted by Crippen LogP contribution is 2.31. The van der Waals surface area contributed by atoms with Crippen molar-refractivity contribution < 1.29 is 14.3 Å². The van der Waals surface area contributed by atoms with Gasteiger partial charge >= 0.3 is 0 Å². The monoisotopic (exact) mass is 263 g/mol. The molecule has 0 spiro atoms. The van der Waals surface area contributed by atoms with Gasteiger partial charge in [-0.05, 0) is 18.9 Å². The van der Waals surface area contributed by atoms with E-state index in [2.05, 4.69) is 9.97 Å². The van der Waals surface area contributed by atoms with Crippen LogP contribution in [0.2, 0.25) is 0 Å². The highest BCUT2D eigenvalue weighted by Gasteiger charge is 2.46. The summed E-state index contributed by atoms with van der Waals surface area (Å²) in [5, 5.41) is 0. The number of hydrogen-bond donors (Lipinski definition) is 0. The van der Waals surface area contributed by atoms with Gasteiger partial charge in [0.2, 0.25) is 0 Å². The first-order valence-corrected chi connectivity index (χ1v) is 6.52. The number of likely N-dealkylation sites (tertiary alicyclic amines) is 1. The standard InChI is InChI=1S/C13H17N3O3/c1-18-11-7-16(10-3-2-6-19-12(10)11)13(17)9-4-5-14-8-15-9/h4-5,8,10-12H,2-3,6-7H2,1H3/t10-,11+,12+/m0/s1. The molecule has 6 heteroatoms. The van der Waals surface area contributed by atoms with Gasteiger partial charge in [0.25, 0.3) is 5.91 Å². The molecule has 19 heavy (non-hydrogen) atoms. The first kappa shape index (κ1) is 12.5. The quantitative estimate of drug-likeness (QED) is 0.777. The van der Waals surface area contributed by atoms with Gasteiger partial charge < -0.3 is 14.4 Å². The molecule has 2 aliphatic heterocycles. The molecule has 0 bridgehead atoms. The molecule has 3 heterocycles. The average molecular weight is 263 g/mol. The number of hydrogen-bond acceptors (Lipinski definition) is 5. The Hall–Kier alpha value is -1.53. The fourth-order valence-corrected chi connectivity index (χ4v) is 2.92. The van der Waals surface area contributed by atoms with Crippen molar-refractivity contribution in [2.45, 2.75) is 31.1 Å². The highest BCUT2D eigenvalue weighted by atomic mass is 16.5. The van der Waals surface area contributed by atoms with Gasteiger partial charge in [-0.15, -0.1) is 0 Å². The summed E-state index contributed by atoms with van der Waals surface area (Å²) in [7, 11) is 1.67. The number of carbonyl (C=O) groups is 1. The molecule has 0 N–H and O–H groups in total. The highest BCUT2D eigenvalue weighted by molar-refractivity contribution is 5.92. The van der Waals surface area contributed by atoms with E-state index in [1.54, 1.807) is 19.4 Å². The number of nitrogens with zero attached hydrogens (tertiary/aromatic N) is 3. The van der Waals surface area contributed by atoms with Gasteiger partial charge in [-0.2, -0.15) is 0 Å². The number of fused-ring (bicyclic) bond motifs is 1. The second kappa shape index (κ2) is 5.22. The van der Waals surface area contributed by atoms with Crippen molar-refractivity contribution in [2.75, 3.05) is 20.3 Å². The number of ether oxygens (including phenoxy) is 2. The molecule has 3 atom stereocenters. The molecule has 6 nitrogen and oxygen atoms in total. The summed E-state index contributed by atoms with van der Waals surface area (Å²) >= 11 is 0. The smallest absolute Gasteiger partial charge is 0.273 e. The number of carbonyl (C=O) groups excluding carboxylic acids is 1. The summed E-state index contributed by atoms with van der Waals surface area (Å²) in [6.45, 7) is 1.31. The van der Waals surface area contributed by atoms with E-state index in [4.69, 9.17) is 9.47 Å². The molecule has 1 aromatic rings. The number of rotatable bonds is 2. The van der Waals surface area contributed by atoms with Gasteiger partial charge in [0, 0.05) is 19.9 Å². The van der Waals surface area contributed by atoms with E-state index < -0.39 is 0 Å². The molecule has 0 saturated carbocycles.